The average Bonchev–Trinajstić information content (AvgIpc) is 2.77. The molecule has 160 valence electrons. The van der Waals surface area contributed by atoms with Gasteiger partial charge in [-0.15, -0.1) is 0 Å². The summed E-state index contributed by atoms with van der Waals surface area (Å²) in [7, 11) is -3.51. The van der Waals surface area contributed by atoms with Crippen molar-refractivity contribution in [2.75, 3.05) is 26.2 Å². The van der Waals surface area contributed by atoms with Crippen molar-refractivity contribution in [3.63, 3.8) is 0 Å². The first-order valence-electron chi connectivity index (χ1n) is 9.78. The van der Waals surface area contributed by atoms with E-state index in [2.05, 4.69) is 5.32 Å². The second-order valence-electron chi connectivity index (χ2n) is 7.07. The maximum Gasteiger partial charge on any atom is 0.243 e. The predicted octanol–water partition coefficient (Wildman–Crippen LogP) is 1.57. The fraction of sp³-hybridized carbons (Fsp3) is 0.333. The second kappa shape index (κ2) is 9.73. The molecule has 1 heterocycles. The minimum atomic E-state index is -3.51. The lowest BCUT2D eigenvalue weighted by Gasteiger charge is -2.30. The zero-order valence-corrected chi connectivity index (χ0v) is 17.4. The fourth-order valence-corrected chi connectivity index (χ4v) is 4.83. The van der Waals surface area contributed by atoms with E-state index in [0.29, 0.717) is 43.8 Å². The predicted molar refractivity (Wildman–Crippen MR) is 114 cm³/mol. The lowest BCUT2D eigenvalue weighted by Crippen LogP contribution is -2.43. The summed E-state index contributed by atoms with van der Waals surface area (Å²) in [6.07, 6.45) is 0.971. The van der Waals surface area contributed by atoms with Crippen LogP contribution < -0.4 is 15.8 Å². The van der Waals surface area contributed by atoms with E-state index in [4.69, 9.17) is 15.9 Å². The van der Waals surface area contributed by atoms with Gasteiger partial charge in [-0.2, -0.15) is 4.31 Å². The van der Waals surface area contributed by atoms with E-state index in [-0.39, 0.29) is 29.2 Å². The van der Waals surface area contributed by atoms with E-state index in [0.717, 1.165) is 0 Å². The molecule has 2 aromatic carbocycles. The van der Waals surface area contributed by atoms with Crippen LogP contribution in [0.3, 0.4) is 0 Å². The van der Waals surface area contributed by atoms with Crippen LogP contribution in [-0.4, -0.2) is 50.7 Å². The molecule has 0 saturated carbocycles. The minimum absolute atomic E-state index is 0.0330. The van der Waals surface area contributed by atoms with Crippen molar-refractivity contribution >= 4 is 21.8 Å². The largest absolute Gasteiger partial charge is 0.492 e. The average molecular weight is 431 g/mol. The molecule has 1 aliphatic heterocycles. The third kappa shape index (κ3) is 5.37. The molecule has 8 nitrogen and oxygen atoms in total. The summed E-state index contributed by atoms with van der Waals surface area (Å²) >= 11 is 0. The molecule has 1 amide bonds. The van der Waals surface area contributed by atoms with Crippen molar-refractivity contribution in [3.05, 3.63) is 60.2 Å². The molecule has 0 aliphatic carbocycles. The van der Waals surface area contributed by atoms with Crippen LogP contribution in [-0.2, 0) is 14.8 Å². The summed E-state index contributed by atoms with van der Waals surface area (Å²) in [5, 5.41) is 10.3. The van der Waals surface area contributed by atoms with Gasteiger partial charge in [0.2, 0.25) is 15.9 Å². The number of nitrogens with two attached hydrogens (primary N) is 1. The van der Waals surface area contributed by atoms with Crippen LogP contribution in [0.5, 0.6) is 5.75 Å². The number of hydrogen-bond acceptors (Lipinski definition) is 5. The number of hydrogen-bond donors (Lipinski definition) is 3. The summed E-state index contributed by atoms with van der Waals surface area (Å²) in [4.78, 5) is 12.7. The Morgan fingerprint density at radius 3 is 2.50 bits per heavy atom. The Morgan fingerprint density at radius 2 is 1.83 bits per heavy atom. The maximum atomic E-state index is 12.7. The van der Waals surface area contributed by atoms with Gasteiger partial charge in [-0.25, -0.2) is 8.42 Å². The Morgan fingerprint density at radius 1 is 1.13 bits per heavy atom. The Hall–Kier alpha value is -2.91. The van der Waals surface area contributed by atoms with Crippen LogP contribution in [0.25, 0.3) is 0 Å². The molecule has 1 aliphatic rings. The Balaban J connectivity index is 1.42. The highest BCUT2D eigenvalue weighted by Crippen LogP contribution is 2.23. The SMILES string of the molecule is N=C(N)c1cccc(OCCNC(=O)C2CCN(S(=O)(=O)c3ccccc3)CC2)c1. The molecule has 0 spiro atoms. The highest BCUT2D eigenvalue weighted by molar-refractivity contribution is 7.89. The number of nitrogen functional groups attached to an aromatic ring is 1. The first-order chi connectivity index (χ1) is 14.4. The molecular formula is C21H26N4O4S. The number of amidine groups is 1. The normalized spacial score (nSPS) is 15.5. The standard InChI is InChI=1S/C21H26N4O4S/c22-20(23)17-5-4-6-18(15-17)29-14-11-24-21(26)16-9-12-25(13-10-16)30(27,28)19-7-2-1-3-8-19/h1-8,15-16H,9-14H2,(H3,22,23)(H,24,26). The number of carbonyl (C=O) groups is 1. The van der Waals surface area contributed by atoms with Crippen molar-refractivity contribution in [3.8, 4) is 5.75 Å². The second-order valence-corrected chi connectivity index (χ2v) is 9.01. The third-order valence-corrected chi connectivity index (χ3v) is 6.93. The number of rotatable bonds is 8. The van der Waals surface area contributed by atoms with Crippen molar-refractivity contribution < 1.29 is 17.9 Å². The quantitative estimate of drug-likeness (QED) is 0.333. The molecule has 2 aromatic rings. The van der Waals surface area contributed by atoms with Gasteiger partial charge in [0.1, 0.15) is 18.2 Å². The van der Waals surface area contributed by atoms with Gasteiger partial charge >= 0.3 is 0 Å². The first kappa shape index (κ1) is 21.8. The third-order valence-electron chi connectivity index (χ3n) is 5.02. The lowest BCUT2D eigenvalue weighted by atomic mass is 9.97. The Bertz CT molecular complexity index is 987. The molecule has 0 atom stereocenters. The number of sulfonamides is 1. The van der Waals surface area contributed by atoms with Gasteiger partial charge < -0.3 is 15.8 Å². The molecular weight excluding hydrogens is 404 g/mol. The van der Waals surface area contributed by atoms with Crippen LogP contribution in [0, 0.1) is 11.3 Å². The van der Waals surface area contributed by atoms with E-state index in [1.54, 1.807) is 54.6 Å². The van der Waals surface area contributed by atoms with Crippen molar-refractivity contribution in [2.24, 2.45) is 11.7 Å². The van der Waals surface area contributed by atoms with E-state index >= 15 is 0 Å². The number of nitrogens with zero attached hydrogens (tertiary/aromatic N) is 1. The summed E-state index contributed by atoms with van der Waals surface area (Å²) < 4.78 is 32.4. The van der Waals surface area contributed by atoms with Gasteiger partial charge in [0.15, 0.2) is 0 Å². The van der Waals surface area contributed by atoms with Gasteiger partial charge in [0.25, 0.3) is 0 Å². The van der Waals surface area contributed by atoms with Crippen molar-refractivity contribution in [1.29, 1.82) is 5.41 Å². The summed E-state index contributed by atoms with van der Waals surface area (Å²) in [6.45, 7) is 1.27. The molecule has 1 fully saturated rings. The molecule has 1 saturated heterocycles. The Kier molecular flexibility index (Phi) is 7.07. The maximum absolute atomic E-state index is 12.7. The van der Waals surface area contributed by atoms with Crippen molar-refractivity contribution in [2.45, 2.75) is 17.7 Å². The van der Waals surface area contributed by atoms with Crippen LogP contribution in [0.1, 0.15) is 18.4 Å². The molecule has 0 radical (unpaired) electrons. The monoisotopic (exact) mass is 430 g/mol. The minimum Gasteiger partial charge on any atom is -0.492 e. The smallest absolute Gasteiger partial charge is 0.243 e. The summed E-state index contributed by atoms with van der Waals surface area (Å²) in [5.74, 6) is 0.242. The molecule has 0 unspecified atom stereocenters. The van der Waals surface area contributed by atoms with Gasteiger partial charge in [0.05, 0.1) is 11.4 Å². The molecule has 4 N–H and O–H groups in total. The fourth-order valence-electron chi connectivity index (χ4n) is 3.34. The zero-order chi connectivity index (χ0) is 21.6. The number of benzene rings is 2. The number of piperidine rings is 1. The van der Waals surface area contributed by atoms with Gasteiger partial charge in [-0.1, -0.05) is 30.3 Å². The Labute approximate surface area is 176 Å². The summed E-state index contributed by atoms with van der Waals surface area (Å²) in [5.41, 5.74) is 6.04. The topological polar surface area (TPSA) is 126 Å². The first-order valence-corrected chi connectivity index (χ1v) is 11.2. The molecule has 3 rings (SSSR count). The number of ether oxygens (including phenoxy) is 1. The molecule has 0 aromatic heterocycles. The summed E-state index contributed by atoms with van der Waals surface area (Å²) in [6, 6.07) is 15.3. The van der Waals surface area contributed by atoms with Gasteiger partial charge in [0, 0.05) is 24.6 Å². The highest BCUT2D eigenvalue weighted by Gasteiger charge is 2.31. The molecule has 0 bridgehead atoms. The van der Waals surface area contributed by atoms with E-state index < -0.39 is 10.0 Å². The van der Waals surface area contributed by atoms with E-state index in [1.165, 1.54) is 4.31 Å². The van der Waals surface area contributed by atoms with Crippen LogP contribution in [0.4, 0.5) is 0 Å². The number of carbonyl (C=O) groups excluding carboxylic acids is 1. The molecule has 30 heavy (non-hydrogen) atoms. The van der Waals surface area contributed by atoms with E-state index in [9.17, 15) is 13.2 Å². The lowest BCUT2D eigenvalue weighted by molar-refractivity contribution is -0.126. The van der Waals surface area contributed by atoms with Crippen LogP contribution in [0.2, 0.25) is 0 Å². The number of amides is 1. The highest BCUT2D eigenvalue weighted by atomic mass is 32.2. The van der Waals surface area contributed by atoms with Gasteiger partial charge in [-0.3, -0.25) is 10.2 Å². The van der Waals surface area contributed by atoms with Crippen LogP contribution >= 0.6 is 0 Å². The van der Waals surface area contributed by atoms with E-state index in [1.807, 2.05) is 0 Å². The van der Waals surface area contributed by atoms with Gasteiger partial charge in [-0.05, 0) is 37.1 Å². The van der Waals surface area contributed by atoms with Crippen molar-refractivity contribution in [1.82, 2.24) is 9.62 Å². The number of nitrogens with one attached hydrogen (secondary N) is 2. The zero-order valence-electron chi connectivity index (χ0n) is 16.6. The molecule has 9 heteroatoms. The van der Waals surface area contributed by atoms with Crippen LogP contribution in [0.15, 0.2) is 59.5 Å².